The second-order valence-corrected chi connectivity index (χ2v) is 1.85. The normalized spacial score (nSPS) is 7.50. The smallest absolute Gasteiger partial charge is 0.0519 e. The fourth-order valence-electron chi connectivity index (χ4n) is 0. The summed E-state index contributed by atoms with van der Waals surface area (Å²) in [5, 5.41) is 7.80. The van der Waals surface area contributed by atoms with E-state index in [-0.39, 0.29) is 6.61 Å². The largest absolute Gasteiger partial charge is 0.396 e. The van der Waals surface area contributed by atoms with Crippen molar-refractivity contribution in [2.75, 3.05) is 24.7 Å². The lowest BCUT2D eigenvalue weighted by Crippen LogP contribution is -1.97. The minimum absolute atomic E-state index is 0.184. The Morgan fingerprint density at radius 3 is 1.50 bits per heavy atom. The summed E-state index contributed by atoms with van der Waals surface area (Å²) >= 11 is 7.47. The van der Waals surface area contributed by atoms with E-state index in [1.165, 1.54) is 0 Å². The van der Waals surface area contributed by atoms with Gasteiger partial charge in [-0.2, -0.15) is 25.3 Å². The van der Waals surface area contributed by atoms with Gasteiger partial charge in [0.25, 0.3) is 0 Å². The van der Waals surface area contributed by atoms with Crippen LogP contribution in [0.3, 0.4) is 0 Å². The van der Waals surface area contributed by atoms with Crippen molar-refractivity contribution in [2.24, 2.45) is 5.73 Å². The lowest BCUT2D eigenvalue weighted by atomic mass is 10.8. The summed E-state index contributed by atoms with van der Waals surface area (Å²) in [6.45, 7) is 0.867. The summed E-state index contributed by atoms with van der Waals surface area (Å²) < 4.78 is 0. The van der Waals surface area contributed by atoms with Gasteiger partial charge in [0.2, 0.25) is 0 Å². The Morgan fingerprint density at radius 1 is 1.25 bits per heavy atom. The zero-order chi connectivity index (χ0) is 6.83. The molecule has 0 radical (unpaired) electrons. The summed E-state index contributed by atoms with van der Waals surface area (Å²) in [5.41, 5.74) is 4.95. The number of rotatable bonds is 2. The highest BCUT2D eigenvalue weighted by molar-refractivity contribution is 7.80. The summed E-state index contributed by atoms with van der Waals surface area (Å²) in [4.78, 5) is 0. The number of nitrogens with two attached hydrogens (primary N) is 1. The van der Waals surface area contributed by atoms with E-state index in [1.807, 2.05) is 0 Å². The molecule has 0 atom stereocenters. The van der Waals surface area contributed by atoms with Crippen molar-refractivity contribution in [3.63, 3.8) is 0 Å². The minimum atomic E-state index is 0.184. The first kappa shape index (κ1) is 11.4. The molecule has 0 fully saturated rings. The number of aliphatic hydroxyl groups is 1. The first-order valence-electron chi connectivity index (χ1n) is 2.36. The molecule has 3 N–H and O–H groups in total. The topological polar surface area (TPSA) is 46.2 Å². The maximum Gasteiger partial charge on any atom is 0.0519 e. The predicted octanol–water partition coefficient (Wildman–Crippen LogP) is -0.217. The van der Waals surface area contributed by atoms with Crippen LogP contribution in [-0.4, -0.2) is 29.8 Å². The Hall–Kier alpha value is 0.620. The van der Waals surface area contributed by atoms with E-state index in [2.05, 4.69) is 25.3 Å². The molecule has 0 saturated heterocycles. The van der Waals surface area contributed by atoms with Crippen LogP contribution in [-0.2, 0) is 0 Å². The molecule has 4 heteroatoms. The molecule has 0 unspecified atom stereocenters. The maximum absolute atomic E-state index is 7.80. The van der Waals surface area contributed by atoms with Gasteiger partial charge in [0.1, 0.15) is 0 Å². The van der Waals surface area contributed by atoms with Crippen LogP contribution in [0.15, 0.2) is 0 Å². The van der Waals surface area contributed by atoms with Gasteiger partial charge in [-0.1, -0.05) is 0 Å². The van der Waals surface area contributed by atoms with E-state index in [0.29, 0.717) is 12.3 Å². The van der Waals surface area contributed by atoms with Crippen LogP contribution >= 0.6 is 25.3 Å². The molecule has 0 aliphatic carbocycles. The summed E-state index contributed by atoms with van der Waals surface area (Å²) in [5.74, 6) is 1.36. The van der Waals surface area contributed by atoms with Crippen LogP contribution in [0.1, 0.15) is 0 Å². The molecule has 0 heterocycles. The summed E-state index contributed by atoms with van der Waals surface area (Å²) in [6, 6.07) is 0. The molecular weight excluding hydrogens is 142 g/mol. The van der Waals surface area contributed by atoms with Gasteiger partial charge in [0, 0.05) is 18.1 Å². The molecule has 0 saturated carbocycles. The predicted molar refractivity (Wildman–Crippen MR) is 43.8 cm³/mol. The van der Waals surface area contributed by atoms with Gasteiger partial charge in [-0.3, -0.25) is 0 Å². The Kier molecular flexibility index (Phi) is 22.3. The highest BCUT2D eigenvalue weighted by Crippen LogP contribution is 1.61. The van der Waals surface area contributed by atoms with Gasteiger partial charge in [-0.25, -0.2) is 0 Å². The van der Waals surface area contributed by atoms with Crippen molar-refractivity contribution in [1.29, 1.82) is 0 Å². The SMILES string of the molecule is NCCS.OCCS. The minimum Gasteiger partial charge on any atom is -0.396 e. The number of aliphatic hydroxyl groups excluding tert-OH is 1. The Morgan fingerprint density at radius 2 is 1.50 bits per heavy atom. The third kappa shape index (κ3) is 30.5. The number of hydrogen-bond donors (Lipinski definition) is 4. The van der Waals surface area contributed by atoms with E-state index in [9.17, 15) is 0 Å². The van der Waals surface area contributed by atoms with Crippen LogP contribution in [0.2, 0.25) is 0 Å². The van der Waals surface area contributed by atoms with Gasteiger partial charge in [0.15, 0.2) is 0 Å². The zero-order valence-electron chi connectivity index (χ0n) is 4.75. The molecule has 0 aliphatic rings. The fraction of sp³-hybridized carbons (Fsp3) is 1.00. The summed E-state index contributed by atoms with van der Waals surface area (Å²) in [7, 11) is 0. The number of hydrogen-bond acceptors (Lipinski definition) is 4. The Bertz CT molecular complexity index is 22.0. The quantitative estimate of drug-likeness (QED) is 0.417. The van der Waals surface area contributed by atoms with Crippen LogP contribution in [0.5, 0.6) is 0 Å². The second-order valence-electron chi connectivity index (χ2n) is 0.959. The van der Waals surface area contributed by atoms with Crippen molar-refractivity contribution in [2.45, 2.75) is 0 Å². The molecule has 0 spiro atoms. The van der Waals surface area contributed by atoms with E-state index >= 15 is 0 Å². The Balaban J connectivity index is 0. The van der Waals surface area contributed by atoms with Crippen molar-refractivity contribution in [3.05, 3.63) is 0 Å². The highest BCUT2D eigenvalue weighted by Gasteiger charge is 1.57. The molecule has 0 aromatic rings. The van der Waals surface area contributed by atoms with E-state index < -0.39 is 0 Å². The zero-order valence-corrected chi connectivity index (χ0v) is 6.54. The van der Waals surface area contributed by atoms with Crippen molar-refractivity contribution >= 4 is 25.3 Å². The molecule has 0 amide bonds. The van der Waals surface area contributed by atoms with Crippen LogP contribution < -0.4 is 5.73 Å². The van der Waals surface area contributed by atoms with Crippen LogP contribution in [0.4, 0.5) is 0 Å². The molecule has 0 bridgehead atoms. The van der Waals surface area contributed by atoms with Gasteiger partial charge >= 0.3 is 0 Å². The van der Waals surface area contributed by atoms with Gasteiger partial charge in [-0.05, 0) is 0 Å². The van der Waals surface area contributed by atoms with Crippen molar-refractivity contribution in [3.8, 4) is 0 Å². The molecule has 0 rings (SSSR count). The molecule has 0 aromatic heterocycles. The van der Waals surface area contributed by atoms with E-state index in [0.717, 1.165) is 5.75 Å². The van der Waals surface area contributed by atoms with Crippen molar-refractivity contribution < 1.29 is 5.11 Å². The average Bonchev–Trinajstić information content (AvgIpc) is 1.88. The Labute approximate surface area is 61.3 Å². The third-order valence-electron chi connectivity index (χ3n) is 0.229. The first-order chi connectivity index (χ1) is 3.83. The molecule has 2 nitrogen and oxygen atoms in total. The number of thiol groups is 2. The van der Waals surface area contributed by atoms with E-state index in [4.69, 9.17) is 10.8 Å². The third-order valence-corrected chi connectivity index (χ3v) is 0.687. The molecule has 52 valence electrons. The highest BCUT2D eigenvalue weighted by atomic mass is 32.1. The fourth-order valence-corrected chi connectivity index (χ4v) is 0. The second kappa shape index (κ2) is 15.6. The van der Waals surface area contributed by atoms with Gasteiger partial charge in [-0.15, -0.1) is 0 Å². The molecular formula is C4H13NOS2. The standard InChI is InChI=1S/C2H7NS.C2H6OS/c2*3-1-2-4/h4H,1-3H2;3-4H,1-2H2. The average molecular weight is 155 g/mol. The monoisotopic (exact) mass is 155 g/mol. The molecule has 8 heavy (non-hydrogen) atoms. The van der Waals surface area contributed by atoms with Crippen molar-refractivity contribution in [1.82, 2.24) is 0 Å². The maximum atomic E-state index is 7.80. The lowest BCUT2D eigenvalue weighted by molar-refractivity contribution is 0.323. The molecule has 0 aromatic carbocycles. The van der Waals surface area contributed by atoms with E-state index in [1.54, 1.807) is 0 Å². The lowest BCUT2D eigenvalue weighted by Gasteiger charge is -1.69. The van der Waals surface area contributed by atoms with Gasteiger partial charge < -0.3 is 10.8 Å². The summed E-state index contributed by atoms with van der Waals surface area (Å²) in [6.07, 6.45) is 0. The van der Waals surface area contributed by atoms with Gasteiger partial charge in [0.05, 0.1) is 6.61 Å². The van der Waals surface area contributed by atoms with Crippen LogP contribution in [0, 0.1) is 0 Å². The molecule has 0 aliphatic heterocycles. The van der Waals surface area contributed by atoms with Crippen LogP contribution in [0.25, 0.3) is 0 Å². The first-order valence-corrected chi connectivity index (χ1v) is 3.62.